The van der Waals surface area contributed by atoms with E-state index in [0.29, 0.717) is 12.8 Å². The van der Waals surface area contributed by atoms with Gasteiger partial charge < -0.3 is 4.74 Å². The minimum atomic E-state index is -0.758. The highest BCUT2D eigenvalue weighted by Gasteiger charge is 2.48. The third-order valence-corrected chi connectivity index (χ3v) is 7.39. The molecule has 2 fully saturated rings. The first-order valence-electron chi connectivity index (χ1n) is 10.7. The summed E-state index contributed by atoms with van der Waals surface area (Å²) < 4.78 is 5.22. The van der Waals surface area contributed by atoms with E-state index in [9.17, 15) is 19.2 Å². The van der Waals surface area contributed by atoms with E-state index in [2.05, 4.69) is 0 Å². The van der Waals surface area contributed by atoms with Gasteiger partial charge >= 0.3 is 5.97 Å². The molecule has 1 saturated carbocycles. The van der Waals surface area contributed by atoms with Crippen molar-refractivity contribution in [2.75, 3.05) is 18.1 Å². The van der Waals surface area contributed by atoms with Crippen molar-refractivity contribution in [1.29, 1.82) is 0 Å². The fraction of sp³-hybridized carbons (Fsp3) is 0.333. The number of benzene rings is 2. The van der Waals surface area contributed by atoms with Crippen LogP contribution in [-0.2, 0) is 23.9 Å². The molecule has 0 radical (unpaired) electrons. The number of para-hydroxylation sites is 2. The highest BCUT2D eigenvalue weighted by atomic mass is 32.2. The summed E-state index contributed by atoms with van der Waals surface area (Å²) in [6, 6.07) is 15.1. The van der Waals surface area contributed by atoms with Crippen LogP contribution in [0.2, 0.25) is 0 Å². The average molecular weight is 451 g/mol. The molecular formula is C24H22N2O5S. The van der Waals surface area contributed by atoms with Gasteiger partial charge in [0.25, 0.3) is 5.91 Å². The van der Waals surface area contributed by atoms with Crippen LogP contribution in [0.15, 0.2) is 58.3 Å². The van der Waals surface area contributed by atoms with Crippen LogP contribution in [0.4, 0.5) is 11.4 Å². The average Bonchev–Trinajstić information content (AvgIpc) is 3.06. The molecule has 0 spiro atoms. The zero-order valence-electron chi connectivity index (χ0n) is 17.4. The van der Waals surface area contributed by atoms with Crippen LogP contribution in [0, 0.1) is 11.8 Å². The van der Waals surface area contributed by atoms with Crippen LogP contribution in [0.25, 0.3) is 0 Å². The number of amides is 3. The van der Waals surface area contributed by atoms with E-state index in [4.69, 9.17) is 4.74 Å². The molecule has 2 heterocycles. The molecule has 32 heavy (non-hydrogen) atoms. The maximum Gasteiger partial charge on any atom is 0.326 e. The van der Waals surface area contributed by atoms with Crippen molar-refractivity contribution >= 4 is 46.8 Å². The fourth-order valence-electron chi connectivity index (χ4n) is 4.74. The number of esters is 1. The minimum Gasteiger partial charge on any atom is -0.454 e. The Morgan fingerprint density at radius 2 is 1.41 bits per heavy atom. The number of imide groups is 1. The van der Waals surface area contributed by atoms with Crippen molar-refractivity contribution < 1.29 is 23.9 Å². The second-order valence-electron chi connectivity index (χ2n) is 8.19. The van der Waals surface area contributed by atoms with E-state index < -0.39 is 25.0 Å². The van der Waals surface area contributed by atoms with Gasteiger partial charge in [0, 0.05) is 9.79 Å². The fourth-order valence-corrected chi connectivity index (χ4v) is 5.80. The van der Waals surface area contributed by atoms with E-state index in [1.807, 2.05) is 48.5 Å². The first kappa shape index (κ1) is 20.8. The SMILES string of the molecule is O=C(CN1C(=O)[C@@H]2CCCC[C@H]2C1=O)OCC(=O)N1c2ccccc2Sc2ccccc21. The van der Waals surface area contributed by atoms with Gasteiger partial charge in [-0.3, -0.25) is 29.0 Å². The second-order valence-corrected chi connectivity index (χ2v) is 9.27. The van der Waals surface area contributed by atoms with Gasteiger partial charge in [0.15, 0.2) is 6.61 Å². The van der Waals surface area contributed by atoms with Crippen molar-refractivity contribution in [2.24, 2.45) is 11.8 Å². The van der Waals surface area contributed by atoms with E-state index >= 15 is 0 Å². The predicted octanol–water partition coefficient (Wildman–Crippen LogP) is 3.53. The normalized spacial score (nSPS) is 21.6. The van der Waals surface area contributed by atoms with Gasteiger partial charge in [0.1, 0.15) is 6.54 Å². The summed E-state index contributed by atoms with van der Waals surface area (Å²) in [5.74, 6) is -2.37. The molecule has 2 atom stereocenters. The third kappa shape index (κ3) is 3.58. The Hall–Kier alpha value is -3.13. The number of fused-ring (bicyclic) bond motifs is 3. The molecule has 7 nitrogen and oxygen atoms in total. The van der Waals surface area contributed by atoms with Crippen LogP contribution in [-0.4, -0.2) is 41.7 Å². The van der Waals surface area contributed by atoms with Gasteiger partial charge in [-0.1, -0.05) is 48.9 Å². The van der Waals surface area contributed by atoms with Crippen molar-refractivity contribution in [3.05, 3.63) is 48.5 Å². The highest BCUT2D eigenvalue weighted by molar-refractivity contribution is 7.99. The zero-order valence-corrected chi connectivity index (χ0v) is 18.2. The standard InChI is InChI=1S/C24H22N2O5S/c27-21(26-17-9-3-5-11-19(17)32-20-12-6-4-10-18(20)26)14-31-22(28)13-25-23(29)15-7-1-2-8-16(15)24(25)30/h3-6,9-12,15-16H,1-2,7-8,13-14H2/t15-,16-/m1/s1. The number of hydrogen-bond donors (Lipinski definition) is 0. The van der Waals surface area contributed by atoms with Gasteiger partial charge in [0.05, 0.1) is 23.2 Å². The number of anilines is 2. The summed E-state index contributed by atoms with van der Waals surface area (Å²) in [4.78, 5) is 55.1. The van der Waals surface area contributed by atoms with E-state index in [-0.39, 0.29) is 23.7 Å². The monoisotopic (exact) mass is 450 g/mol. The number of likely N-dealkylation sites (tertiary alicyclic amines) is 1. The molecule has 0 bridgehead atoms. The lowest BCUT2D eigenvalue weighted by Crippen LogP contribution is -2.38. The van der Waals surface area contributed by atoms with Crippen molar-refractivity contribution in [3.8, 4) is 0 Å². The summed E-state index contributed by atoms with van der Waals surface area (Å²) in [5.41, 5.74) is 1.46. The Bertz CT molecular complexity index is 1050. The van der Waals surface area contributed by atoms with E-state index in [1.165, 1.54) is 0 Å². The summed E-state index contributed by atoms with van der Waals surface area (Å²) in [7, 11) is 0. The number of rotatable bonds is 4. The molecule has 8 heteroatoms. The molecule has 2 aliphatic heterocycles. The van der Waals surface area contributed by atoms with Gasteiger partial charge in [-0.15, -0.1) is 0 Å². The number of hydrogen-bond acceptors (Lipinski definition) is 6. The van der Waals surface area contributed by atoms with Gasteiger partial charge in [-0.05, 0) is 37.1 Å². The number of ether oxygens (including phenoxy) is 1. The quantitative estimate of drug-likeness (QED) is 0.523. The van der Waals surface area contributed by atoms with Crippen LogP contribution >= 0.6 is 11.8 Å². The summed E-state index contributed by atoms with van der Waals surface area (Å²) >= 11 is 1.58. The molecule has 0 unspecified atom stereocenters. The Morgan fingerprint density at radius 3 is 1.97 bits per heavy atom. The number of nitrogens with zero attached hydrogens (tertiary/aromatic N) is 2. The lowest BCUT2D eigenvalue weighted by molar-refractivity contribution is -0.154. The smallest absolute Gasteiger partial charge is 0.326 e. The molecule has 5 rings (SSSR count). The highest BCUT2D eigenvalue weighted by Crippen LogP contribution is 2.47. The summed E-state index contributed by atoms with van der Waals surface area (Å²) in [5, 5.41) is 0. The Labute approximate surface area is 189 Å². The number of carbonyl (C=O) groups is 4. The van der Waals surface area contributed by atoms with Crippen molar-refractivity contribution in [3.63, 3.8) is 0 Å². The first-order chi connectivity index (χ1) is 15.5. The molecule has 2 aromatic carbocycles. The van der Waals surface area contributed by atoms with Crippen LogP contribution in [0.3, 0.4) is 0 Å². The van der Waals surface area contributed by atoms with Crippen LogP contribution in [0.5, 0.6) is 0 Å². The largest absolute Gasteiger partial charge is 0.454 e. The Morgan fingerprint density at radius 1 is 0.875 bits per heavy atom. The van der Waals surface area contributed by atoms with Gasteiger partial charge in [0.2, 0.25) is 11.8 Å². The lowest BCUT2D eigenvalue weighted by Gasteiger charge is -2.30. The Balaban J connectivity index is 1.27. The first-order valence-corrected chi connectivity index (χ1v) is 11.6. The third-order valence-electron chi connectivity index (χ3n) is 6.26. The maximum absolute atomic E-state index is 13.1. The topological polar surface area (TPSA) is 84.0 Å². The molecule has 164 valence electrons. The summed E-state index contributed by atoms with van der Waals surface area (Å²) in [6.45, 7) is -0.920. The Kier molecular flexibility index (Phi) is 5.46. The van der Waals surface area contributed by atoms with E-state index in [0.717, 1.165) is 38.9 Å². The molecule has 0 N–H and O–H groups in total. The van der Waals surface area contributed by atoms with Crippen molar-refractivity contribution in [2.45, 2.75) is 35.5 Å². The molecule has 1 aliphatic carbocycles. The van der Waals surface area contributed by atoms with E-state index in [1.54, 1.807) is 16.7 Å². The zero-order chi connectivity index (χ0) is 22.2. The molecule has 1 saturated heterocycles. The minimum absolute atomic E-state index is 0.293. The summed E-state index contributed by atoms with van der Waals surface area (Å²) in [6.07, 6.45) is 3.21. The molecule has 0 aromatic heterocycles. The molecular weight excluding hydrogens is 428 g/mol. The predicted molar refractivity (Wildman–Crippen MR) is 117 cm³/mol. The van der Waals surface area contributed by atoms with Gasteiger partial charge in [-0.25, -0.2) is 0 Å². The number of carbonyl (C=O) groups excluding carboxylic acids is 4. The van der Waals surface area contributed by atoms with Crippen LogP contribution in [0.1, 0.15) is 25.7 Å². The van der Waals surface area contributed by atoms with Crippen LogP contribution < -0.4 is 4.90 Å². The van der Waals surface area contributed by atoms with Crippen molar-refractivity contribution in [1.82, 2.24) is 4.90 Å². The molecule has 3 amide bonds. The second kappa shape index (κ2) is 8.43. The lowest BCUT2D eigenvalue weighted by atomic mass is 9.81. The molecule has 3 aliphatic rings. The van der Waals surface area contributed by atoms with Gasteiger partial charge in [-0.2, -0.15) is 0 Å². The maximum atomic E-state index is 13.1. The molecule has 2 aromatic rings.